The van der Waals surface area contributed by atoms with Gasteiger partial charge in [0.15, 0.2) is 6.61 Å². The summed E-state index contributed by atoms with van der Waals surface area (Å²) in [5.74, 6) is -0.783. The van der Waals surface area contributed by atoms with Crippen LogP contribution in [0.3, 0.4) is 0 Å². The molecule has 0 aliphatic rings. The van der Waals surface area contributed by atoms with Crippen LogP contribution >= 0.6 is 0 Å². The number of hydrogen-bond donors (Lipinski definition) is 2. The smallest absolute Gasteiger partial charge is 0.416 e. The Morgan fingerprint density at radius 1 is 1.00 bits per heavy atom. The zero-order valence-corrected chi connectivity index (χ0v) is 21.7. The van der Waals surface area contributed by atoms with Gasteiger partial charge in [-0.15, -0.1) is 0 Å². The van der Waals surface area contributed by atoms with E-state index in [-0.39, 0.29) is 18.2 Å². The summed E-state index contributed by atoms with van der Waals surface area (Å²) in [4.78, 5) is 24.3. The molecule has 9 nitrogen and oxygen atoms in total. The van der Waals surface area contributed by atoms with E-state index in [0.29, 0.717) is 27.4 Å². The van der Waals surface area contributed by atoms with Crippen molar-refractivity contribution in [1.29, 1.82) is 0 Å². The van der Waals surface area contributed by atoms with E-state index in [2.05, 4.69) is 15.8 Å². The van der Waals surface area contributed by atoms with Gasteiger partial charge >= 0.3 is 6.18 Å². The van der Waals surface area contributed by atoms with Crippen molar-refractivity contribution in [3.63, 3.8) is 0 Å². The van der Waals surface area contributed by atoms with Gasteiger partial charge in [0.1, 0.15) is 12.3 Å². The Morgan fingerprint density at radius 2 is 1.67 bits per heavy atom. The van der Waals surface area contributed by atoms with E-state index in [1.54, 1.807) is 36.4 Å². The first kappa shape index (κ1) is 29.2. The van der Waals surface area contributed by atoms with Gasteiger partial charge in [0.05, 0.1) is 23.7 Å². The number of halogens is 3. The fraction of sp³-hybridized carbons (Fsp3) is 0.192. The first-order chi connectivity index (χ1) is 18.3. The van der Waals surface area contributed by atoms with E-state index in [1.165, 1.54) is 6.21 Å². The van der Waals surface area contributed by atoms with Crippen molar-refractivity contribution in [2.75, 3.05) is 29.0 Å². The van der Waals surface area contributed by atoms with Crippen LogP contribution in [0.15, 0.2) is 77.9 Å². The maximum atomic E-state index is 13.0. The van der Waals surface area contributed by atoms with E-state index in [1.807, 2.05) is 19.1 Å². The predicted molar refractivity (Wildman–Crippen MR) is 141 cm³/mol. The molecular weight excluding hydrogens is 537 g/mol. The number of hydrazone groups is 1. The fourth-order valence-corrected chi connectivity index (χ4v) is 4.06. The largest absolute Gasteiger partial charge is 0.484 e. The Morgan fingerprint density at radius 3 is 2.28 bits per heavy atom. The number of sulfonamides is 1. The third-order valence-corrected chi connectivity index (χ3v) is 6.28. The van der Waals surface area contributed by atoms with E-state index >= 15 is 0 Å². The van der Waals surface area contributed by atoms with Gasteiger partial charge in [-0.25, -0.2) is 13.8 Å². The quantitative estimate of drug-likeness (QED) is 0.287. The molecule has 39 heavy (non-hydrogen) atoms. The van der Waals surface area contributed by atoms with Crippen molar-refractivity contribution in [3.05, 3.63) is 89.5 Å². The van der Waals surface area contributed by atoms with Crippen molar-refractivity contribution in [2.24, 2.45) is 5.10 Å². The van der Waals surface area contributed by atoms with Crippen LogP contribution in [0.4, 0.5) is 24.5 Å². The van der Waals surface area contributed by atoms with E-state index in [4.69, 9.17) is 4.74 Å². The Balaban J connectivity index is 1.53. The Hall–Kier alpha value is -4.39. The first-order valence-electron chi connectivity index (χ1n) is 11.4. The monoisotopic (exact) mass is 562 g/mol. The van der Waals surface area contributed by atoms with Crippen molar-refractivity contribution in [1.82, 2.24) is 5.43 Å². The van der Waals surface area contributed by atoms with Crippen molar-refractivity contribution in [3.8, 4) is 5.75 Å². The van der Waals surface area contributed by atoms with Gasteiger partial charge in [-0.1, -0.05) is 23.8 Å². The average Bonchev–Trinajstić information content (AvgIpc) is 2.87. The Kier molecular flexibility index (Phi) is 9.30. The Bertz CT molecular complexity index is 1440. The maximum Gasteiger partial charge on any atom is 0.416 e. The van der Waals surface area contributed by atoms with Crippen LogP contribution in [-0.2, 0) is 25.8 Å². The molecule has 0 saturated carbocycles. The summed E-state index contributed by atoms with van der Waals surface area (Å²) >= 11 is 0. The second kappa shape index (κ2) is 12.4. The molecule has 0 radical (unpaired) electrons. The topological polar surface area (TPSA) is 117 Å². The molecule has 0 spiro atoms. The summed E-state index contributed by atoms with van der Waals surface area (Å²) in [6.45, 7) is 0.948. The van der Waals surface area contributed by atoms with Crippen LogP contribution in [0.5, 0.6) is 5.75 Å². The molecule has 3 rings (SSSR count). The third-order valence-electron chi connectivity index (χ3n) is 5.14. The van der Waals surface area contributed by atoms with Crippen molar-refractivity contribution < 1.29 is 35.9 Å². The highest BCUT2D eigenvalue weighted by Crippen LogP contribution is 2.32. The minimum Gasteiger partial charge on any atom is -0.484 e. The summed E-state index contributed by atoms with van der Waals surface area (Å²) in [6, 6.07) is 17.3. The standard InChI is InChI=1S/C26H25F3N4O5S/c1-18-6-10-21(11-7-18)31-25(35)17-38-23-12-8-19(9-13-23)15-30-32-24(34)16-33(39(2,36)37)22-5-3-4-20(14-22)26(27,28)29/h3-15H,16-17H2,1-2H3,(H,31,35)(H,32,34)/b30-15-. The molecule has 0 atom stereocenters. The molecule has 0 heterocycles. The first-order valence-corrected chi connectivity index (χ1v) is 13.2. The van der Waals surface area contributed by atoms with Gasteiger partial charge in [0.25, 0.3) is 11.8 Å². The number of nitrogens with one attached hydrogen (secondary N) is 2. The molecule has 3 aromatic rings. The number of aryl methyl sites for hydroxylation is 1. The number of benzene rings is 3. The summed E-state index contributed by atoms with van der Waals surface area (Å²) in [7, 11) is -4.08. The zero-order valence-electron chi connectivity index (χ0n) is 20.9. The molecular formula is C26H25F3N4O5S. The fourth-order valence-electron chi connectivity index (χ4n) is 3.21. The van der Waals surface area contributed by atoms with Gasteiger partial charge < -0.3 is 10.1 Å². The minimum atomic E-state index is -4.68. The highest BCUT2D eigenvalue weighted by molar-refractivity contribution is 7.92. The molecule has 0 unspecified atom stereocenters. The van der Waals surface area contributed by atoms with Crippen LogP contribution in [0.1, 0.15) is 16.7 Å². The van der Waals surface area contributed by atoms with E-state index < -0.39 is 34.2 Å². The SMILES string of the molecule is Cc1ccc(NC(=O)COc2ccc(/C=N\NC(=O)CN(c3cccc(C(F)(F)F)c3)S(C)(=O)=O)cc2)cc1. The number of nitrogens with zero attached hydrogens (tertiary/aromatic N) is 2. The maximum absolute atomic E-state index is 13.0. The second-order valence-electron chi connectivity index (χ2n) is 8.38. The molecule has 0 aliphatic heterocycles. The van der Waals surface area contributed by atoms with Crippen LogP contribution in [0, 0.1) is 6.92 Å². The number of carbonyl (C=O) groups excluding carboxylic acids is 2. The highest BCUT2D eigenvalue weighted by atomic mass is 32.2. The molecule has 3 aromatic carbocycles. The van der Waals surface area contributed by atoms with Gasteiger partial charge in [-0.05, 0) is 67.1 Å². The minimum absolute atomic E-state index is 0.208. The van der Waals surface area contributed by atoms with Gasteiger partial charge in [0, 0.05) is 5.69 Å². The lowest BCUT2D eigenvalue weighted by molar-refractivity contribution is -0.137. The molecule has 0 saturated heterocycles. The van der Waals surface area contributed by atoms with Gasteiger partial charge in [-0.2, -0.15) is 18.3 Å². The predicted octanol–water partition coefficient (Wildman–Crippen LogP) is 3.95. The van der Waals surface area contributed by atoms with E-state index in [0.717, 1.165) is 30.0 Å². The zero-order chi connectivity index (χ0) is 28.6. The summed E-state index contributed by atoms with van der Waals surface area (Å²) in [5, 5.41) is 6.47. The summed E-state index contributed by atoms with van der Waals surface area (Å²) < 4.78 is 69.4. The molecule has 0 fully saturated rings. The normalized spacial score (nSPS) is 11.7. The molecule has 0 aromatic heterocycles. The lowest BCUT2D eigenvalue weighted by Gasteiger charge is -2.22. The van der Waals surface area contributed by atoms with Gasteiger partial charge in [0.2, 0.25) is 10.0 Å². The van der Waals surface area contributed by atoms with Crippen LogP contribution in [0.2, 0.25) is 0 Å². The average molecular weight is 563 g/mol. The van der Waals surface area contributed by atoms with Crippen LogP contribution < -0.4 is 19.8 Å². The molecule has 206 valence electrons. The molecule has 2 amide bonds. The number of anilines is 2. The third kappa shape index (κ3) is 9.14. The number of ether oxygens (including phenoxy) is 1. The Labute approximate surface area is 223 Å². The van der Waals surface area contributed by atoms with Gasteiger partial charge in [-0.3, -0.25) is 13.9 Å². The summed E-state index contributed by atoms with van der Waals surface area (Å²) in [6.07, 6.45) is -2.62. The number of rotatable bonds is 10. The molecule has 0 bridgehead atoms. The number of amides is 2. The molecule has 0 aliphatic carbocycles. The van der Waals surface area contributed by atoms with Crippen molar-refractivity contribution in [2.45, 2.75) is 13.1 Å². The van der Waals surface area contributed by atoms with Crippen LogP contribution in [0.25, 0.3) is 0 Å². The van der Waals surface area contributed by atoms with Crippen molar-refractivity contribution >= 4 is 39.4 Å². The van der Waals surface area contributed by atoms with E-state index in [9.17, 15) is 31.2 Å². The number of alkyl halides is 3. The van der Waals surface area contributed by atoms with Crippen LogP contribution in [-0.4, -0.2) is 45.9 Å². The lowest BCUT2D eigenvalue weighted by Crippen LogP contribution is -2.39. The molecule has 2 N–H and O–H groups in total. The number of carbonyl (C=O) groups is 2. The number of hydrogen-bond acceptors (Lipinski definition) is 6. The highest BCUT2D eigenvalue weighted by Gasteiger charge is 2.32. The lowest BCUT2D eigenvalue weighted by atomic mass is 10.2. The summed E-state index contributed by atoms with van der Waals surface area (Å²) in [5.41, 5.74) is 3.05. The molecule has 13 heteroatoms. The second-order valence-corrected chi connectivity index (χ2v) is 10.3.